The number of nitrogens with zero attached hydrogens (tertiary/aromatic N) is 3. The molecule has 0 aliphatic heterocycles. The van der Waals surface area contributed by atoms with Crippen molar-refractivity contribution in [3.63, 3.8) is 0 Å². The van der Waals surface area contributed by atoms with E-state index in [2.05, 4.69) is 37.3 Å². The fourth-order valence-corrected chi connectivity index (χ4v) is 3.44. The van der Waals surface area contributed by atoms with E-state index in [1.807, 2.05) is 31.3 Å². The second-order valence-electron chi connectivity index (χ2n) is 6.66. The normalized spacial score (nSPS) is 12.9. The molecule has 0 saturated heterocycles. The highest BCUT2D eigenvalue weighted by atomic mass is 127. The number of imidazole rings is 1. The number of rotatable bonds is 9. The van der Waals surface area contributed by atoms with Gasteiger partial charge in [0.1, 0.15) is 15.7 Å². The fourth-order valence-electron chi connectivity index (χ4n) is 2.66. The summed E-state index contributed by atoms with van der Waals surface area (Å²) in [5.74, 6) is 1.72. The van der Waals surface area contributed by atoms with Crippen LogP contribution in [0.3, 0.4) is 0 Å². The Morgan fingerprint density at radius 1 is 1.29 bits per heavy atom. The van der Waals surface area contributed by atoms with Gasteiger partial charge in [0.2, 0.25) is 0 Å². The van der Waals surface area contributed by atoms with Gasteiger partial charge in [-0.15, -0.1) is 24.0 Å². The fraction of sp³-hybridized carbons (Fsp3) is 0.474. The minimum absolute atomic E-state index is 0. The Balaban J connectivity index is 0.00000392. The second-order valence-corrected chi connectivity index (χ2v) is 8.92. The van der Waals surface area contributed by atoms with Gasteiger partial charge < -0.3 is 15.2 Å². The molecule has 0 aliphatic rings. The smallest absolute Gasteiger partial charge is 0.191 e. The summed E-state index contributed by atoms with van der Waals surface area (Å²) >= 11 is 0. The Kier molecular flexibility index (Phi) is 10.5. The van der Waals surface area contributed by atoms with Crippen molar-refractivity contribution in [1.29, 1.82) is 0 Å². The van der Waals surface area contributed by atoms with Crippen molar-refractivity contribution < 1.29 is 8.42 Å². The average molecular weight is 519 g/mol. The molecule has 0 saturated carbocycles. The highest BCUT2D eigenvalue weighted by Gasteiger charge is 2.10. The van der Waals surface area contributed by atoms with E-state index >= 15 is 0 Å². The largest absolute Gasteiger partial charge is 0.354 e. The lowest BCUT2D eigenvalue weighted by atomic mass is 10.1. The molecule has 2 N–H and O–H groups in total. The molecule has 0 bridgehead atoms. The topological polar surface area (TPSA) is 88.4 Å². The molecule has 0 radical (unpaired) electrons. The van der Waals surface area contributed by atoms with Crippen molar-refractivity contribution in [1.82, 2.24) is 20.2 Å². The lowest BCUT2D eigenvalue weighted by Gasteiger charge is -2.18. The molecule has 1 aromatic heterocycles. The van der Waals surface area contributed by atoms with E-state index in [9.17, 15) is 8.42 Å². The van der Waals surface area contributed by atoms with E-state index in [1.165, 1.54) is 11.8 Å². The number of aliphatic imine (C=N–C) groups is 1. The lowest BCUT2D eigenvalue weighted by molar-refractivity contribution is 0.579. The zero-order valence-electron chi connectivity index (χ0n) is 16.6. The van der Waals surface area contributed by atoms with Crippen LogP contribution in [-0.4, -0.2) is 49.0 Å². The minimum Gasteiger partial charge on any atom is -0.354 e. The zero-order valence-corrected chi connectivity index (χ0v) is 19.8. The van der Waals surface area contributed by atoms with Crippen LogP contribution in [0.25, 0.3) is 0 Å². The number of aromatic nitrogens is 2. The number of benzene rings is 1. The molecule has 1 atom stereocenters. The van der Waals surface area contributed by atoms with Gasteiger partial charge in [-0.25, -0.2) is 13.4 Å². The summed E-state index contributed by atoms with van der Waals surface area (Å²) in [5.41, 5.74) is 1.29. The van der Waals surface area contributed by atoms with E-state index in [1.54, 1.807) is 13.2 Å². The van der Waals surface area contributed by atoms with Gasteiger partial charge in [-0.2, -0.15) is 0 Å². The molecule has 28 heavy (non-hydrogen) atoms. The Morgan fingerprint density at radius 2 is 2.00 bits per heavy atom. The van der Waals surface area contributed by atoms with Gasteiger partial charge in [0, 0.05) is 38.3 Å². The van der Waals surface area contributed by atoms with E-state index in [4.69, 9.17) is 0 Å². The Bertz CT molecular complexity index is 837. The van der Waals surface area contributed by atoms with Gasteiger partial charge in [-0.1, -0.05) is 30.3 Å². The third-order valence-corrected chi connectivity index (χ3v) is 5.21. The van der Waals surface area contributed by atoms with Crippen LogP contribution in [0, 0.1) is 0 Å². The van der Waals surface area contributed by atoms with Crippen LogP contribution in [0.5, 0.6) is 0 Å². The number of guanidine groups is 1. The highest BCUT2D eigenvalue weighted by molar-refractivity contribution is 14.0. The first-order valence-electron chi connectivity index (χ1n) is 9.06. The third-order valence-electron chi connectivity index (χ3n) is 4.23. The Hall–Kier alpha value is -1.62. The molecule has 0 spiro atoms. The molecular weight excluding hydrogens is 489 g/mol. The van der Waals surface area contributed by atoms with Crippen LogP contribution in [0.2, 0.25) is 0 Å². The van der Waals surface area contributed by atoms with Crippen LogP contribution >= 0.6 is 24.0 Å². The maximum Gasteiger partial charge on any atom is 0.191 e. The van der Waals surface area contributed by atoms with E-state index < -0.39 is 9.84 Å². The Labute approximate surface area is 185 Å². The van der Waals surface area contributed by atoms with Crippen molar-refractivity contribution >= 4 is 39.8 Å². The summed E-state index contributed by atoms with van der Waals surface area (Å²) < 4.78 is 24.7. The first kappa shape index (κ1) is 24.4. The van der Waals surface area contributed by atoms with Crippen molar-refractivity contribution in [2.45, 2.75) is 38.9 Å². The predicted octanol–water partition coefficient (Wildman–Crippen LogP) is 2.23. The number of hydrogen-bond acceptors (Lipinski definition) is 4. The second kappa shape index (κ2) is 12.1. The molecule has 7 nitrogen and oxygen atoms in total. The molecule has 156 valence electrons. The molecule has 0 amide bonds. The Morgan fingerprint density at radius 3 is 2.64 bits per heavy atom. The summed E-state index contributed by atoms with van der Waals surface area (Å²) in [6.07, 6.45) is 6.50. The molecular formula is C19H30IN5O2S. The summed E-state index contributed by atoms with van der Waals surface area (Å²) in [4.78, 5) is 8.62. The van der Waals surface area contributed by atoms with Crippen molar-refractivity contribution in [3.8, 4) is 0 Å². The van der Waals surface area contributed by atoms with Gasteiger partial charge >= 0.3 is 0 Å². The van der Waals surface area contributed by atoms with E-state index in [-0.39, 0.29) is 35.8 Å². The summed E-state index contributed by atoms with van der Waals surface area (Å²) in [6, 6.07) is 10.4. The highest BCUT2D eigenvalue weighted by Crippen LogP contribution is 2.04. The van der Waals surface area contributed by atoms with E-state index in [0.717, 1.165) is 18.8 Å². The third kappa shape index (κ3) is 9.05. The molecule has 1 heterocycles. The van der Waals surface area contributed by atoms with Gasteiger partial charge in [0.25, 0.3) is 0 Å². The number of nitrogens with one attached hydrogen (secondary N) is 2. The average Bonchev–Trinajstić information content (AvgIpc) is 3.09. The van der Waals surface area contributed by atoms with Crippen molar-refractivity contribution in [3.05, 3.63) is 54.1 Å². The van der Waals surface area contributed by atoms with Gasteiger partial charge in [0.05, 0.1) is 12.3 Å². The molecule has 0 aliphatic carbocycles. The molecule has 2 aromatic rings. The quantitative estimate of drug-likeness (QED) is 0.302. The first-order valence-corrected chi connectivity index (χ1v) is 11.1. The summed E-state index contributed by atoms with van der Waals surface area (Å²) in [7, 11) is -1.26. The van der Waals surface area contributed by atoms with Gasteiger partial charge in [-0.3, -0.25) is 4.99 Å². The molecule has 1 unspecified atom stereocenters. The van der Waals surface area contributed by atoms with Gasteiger partial charge in [0.15, 0.2) is 5.96 Å². The standard InChI is InChI=1S/C19H29N5O2S.HI/c1-16(10-14-27(3,25)26)23-19(20-2)22-15-18-21-11-13-24(18)12-9-17-7-5-4-6-8-17;/h4-8,11,13,16H,9-10,12,14-15H2,1-3H3,(H2,20,22,23);1H. The van der Waals surface area contributed by atoms with Crippen LogP contribution in [0.4, 0.5) is 0 Å². The summed E-state index contributed by atoms with van der Waals surface area (Å²) in [5, 5.41) is 6.46. The number of aryl methyl sites for hydroxylation is 2. The van der Waals surface area contributed by atoms with E-state index in [0.29, 0.717) is 18.9 Å². The van der Waals surface area contributed by atoms with Crippen molar-refractivity contribution in [2.24, 2.45) is 4.99 Å². The molecule has 9 heteroatoms. The maximum absolute atomic E-state index is 11.3. The molecule has 2 rings (SSSR count). The lowest BCUT2D eigenvalue weighted by Crippen LogP contribution is -2.42. The number of sulfone groups is 1. The minimum atomic E-state index is -2.96. The SMILES string of the molecule is CN=C(NCc1nccn1CCc1ccccc1)NC(C)CCS(C)(=O)=O.I. The molecule has 0 fully saturated rings. The zero-order chi connectivity index (χ0) is 19.7. The maximum atomic E-state index is 11.3. The van der Waals surface area contributed by atoms with Crippen molar-refractivity contribution in [2.75, 3.05) is 19.1 Å². The predicted molar refractivity (Wildman–Crippen MR) is 125 cm³/mol. The van der Waals surface area contributed by atoms with Crippen LogP contribution in [0.1, 0.15) is 24.7 Å². The van der Waals surface area contributed by atoms with Gasteiger partial charge in [-0.05, 0) is 25.3 Å². The van der Waals surface area contributed by atoms with Crippen LogP contribution < -0.4 is 10.6 Å². The monoisotopic (exact) mass is 519 g/mol. The van der Waals surface area contributed by atoms with Crippen LogP contribution in [0.15, 0.2) is 47.7 Å². The number of halogens is 1. The summed E-state index contributed by atoms with van der Waals surface area (Å²) in [6.45, 7) is 3.34. The molecule has 1 aromatic carbocycles. The number of hydrogen-bond donors (Lipinski definition) is 2. The first-order chi connectivity index (χ1) is 12.9. The van der Waals surface area contributed by atoms with Crippen LogP contribution in [-0.2, 0) is 29.3 Å².